The van der Waals surface area contributed by atoms with E-state index in [1.807, 2.05) is 25.1 Å². The molecule has 1 saturated heterocycles. The monoisotopic (exact) mass is 327 g/mol. The highest BCUT2D eigenvalue weighted by Gasteiger charge is 2.30. The minimum absolute atomic E-state index is 0.171. The van der Waals surface area contributed by atoms with Crippen molar-refractivity contribution < 1.29 is 14.6 Å². The molecule has 2 N–H and O–H groups in total. The zero-order valence-electron chi connectivity index (χ0n) is 10.9. The fourth-order valence-corrected chi connectivity index (χ4v) is 2.51. The lowest BCUT2D eigenvalue weighted by Crippen LogP contribution is -2.46. The molecule has 2 rings (SSSR count). The van der Waals surface area contributed by atoms with Gasteiger partial charge >= 0.3 is 0 Å². The van der Waals surface area contributed by atoms with Crippen LogP contribution in [0, 0.1) is 6.92 Å². The van der Waals surface area contributed by atoms with Gasteiger partial charge in [-0.3, -0.25) is 4.79 Å². The van der Waals surface area contributed by atoms with Gasteiger partial charge in [0.25, 0.3) is 5.91 Å². The largest absolute Gasteiger partial charge is 0.388 e. The second-order valence-electron chi connectivity index (χ2n) is 5.00. The van der Waals surface area contributed by atoms with Crippen molar-refractivity contribution in [2.45, 2.75) is 25.4 Å². The van der Waals surface area contributed by atoms with Crippen LogP contribution in [0.4, 0.5) is 0 Å². The van der Waals surface area contributed by atoms with Crippen LogP contribution >= 0.6 is 15.9 Å². The molecular weight excluding hydrogens is 310 g/mol. The number of halogens is 1. The SMILES string of the molecule is Cc1ccc(Br)c(C(=O)NCC2(O)CCOCC2)c1. The first-order valence-electron chi connectivity index (χ1n) is 6.35. The summed E-state index contributed by atoms with van der Waals surface area (Å²) in [7, 11) is 0. The molecule has 0 bridgehead atoms. The predicted molar refractivity (Wildman–Crippen MR) is 76.2 cm³/mol. The summed E-state index contributed by atoms with van der Waals surface area (Å²) in [6.07, 6.45) is 1.12. The normalized spacial score (nSPS) is 18.1. The highest BCUT2D eigenvalue weighted by molar-refractivity contribution is 9.10. The molecule has 0 radical (unpaired) electrons. The maximum atomic E-state index is 12.1. The molecule has 0 atom stereocenters. The number of benzene rings is 1. The van der Waals surface area contributed by atoms with Crippen molar-refractivity contribution >= 4 is 21.8 Å². The topological polar surface area (TPSA) is 58.6 Å². The van der Waals surface area contributed by atoms with Gasteiger partial charge in [0.2, 0.25) is 0 Å². The third-order valence-electron chi connectivity index (χ3n) is 3.37. The summed E-state index contributed by atoms with van der Waals surface area (Å²) in [4.78, 5) is 12.1. The molecule has 1 aromatic rings. The maximum absolute atomic E-state index is 12.1. The van der Waals surface area contributed by atoms with E-state index in [0.717, 1.165) is 10.0 Å². The van der Waals surface area contributed by atoms with Gasteiger partial charge < -0.3 is 15.2 Å². The van der Waals surface area contributed by atoms with Gasteiger partial charge in [-0.15, -0.1) is 0 Å². The molecule has 1 fully saturated rings. The fourth-order valence-electron chi connectivity index (χ4n) is 2.08. The molecule has 104 valence electrons. The number of rotatable bonds is 3. The predicted octanol–water partition coefficient (Wildman–Crippen LogP) is 2.03. The van der Waals surface area contributed by atoms with Gasteiger partial charge in [-0.05, 0) is 35.0 Å². The number of carbonyl (C=O) groups excluding carboxylic acids is 1. The van der Waals surface area contributed by atoms with E-state index in [0.29, 0.717) is 31.6 Å². The van der Waals surface area contributed by atoms with E-state index in [1.54, 1.807) is 0 Å². The number of amides is 1. The van der Waals surface area contributed by atoms with E-state index in [1.165, 1.54) is 0 Å². The minimum Gasteiger partial charge on any atom is -0.388 e. The molecule has 0 spiro atoms. The van der Waals surface area contributed by atoms with E-state index in [-0.39, 0.29) is 12.5 Å². The number of hydrogen-bond donors (Lipinski definition) is 2. The van der Waals surface area contributed by atoms with Crippen molar-refractivity contribution in [2.24, 2.45) is 0 Å². The zero-order valence-corrected chi connectivity index (χ0v) is 12.5. The third-order valence-corrected chi connectivity index (χ3v) is 4.06. The van der Waals surface area contributed by atoms with Gasteiger partial charge in [0.1, 0.15) is 0 Å². The molecule has 1 aromatic carbocycles. The highest BCUT2D eigenvalue weighted by Crippen LogP contribution is 2.21. The Balaban J connectivity index is 1.99. The van der Waals surface area contributed by atoms with E-state index < -0.39 is 5.60 Å². The van der Waals surface area contributed by atoms with Crippen molar-refractivity contribution in [1.29, 1.82) is 0 Å². The van der Waals surface area contributed by atoms with E-state index in [4.69, 9.17) is 4.74 Å². The Morgan fingerprint density at radius 3 is 2.84 bits per heavy atom. The van der Waals surface area contributed by atoms with Crippen LogP contribution in [0.1, 0.15) is 28.8 Å². The first kappa shape index (κ1) is 14.5. The Kier molecular flexibility index (Phi) is 4.60. The summed E-state index contributed by atoms with van der Waals surface area (Å²) in [5.41, 5.74) is 0.776. The molecule has 0 aromatic heterocycles. The molecular formula is C14H18BrNO3. The smallest absolute Gasteiger partial charge is 0.252 e. The lowest BCUT2D eigenvalue weighted by Gasteiger charge is -2.32. The summed E-state index contributed by atoms with van der Waals surface area (Å²) in [5, 5.41) is 13.1. The molecule has 4 nitrogen and oxygen atoms in total. The van der Waals surface area contributed by atoms with Crippen LogP contribution in [0.3, 0.4) is 0 Å². The lowest BCUT2D eigenvalue weighted by molar-refractivity contribution is -0.0605. The average Bonchev–Trinajstić information content (AvgIpc) is 2.40. The second kappa shape index (κ2) is 6.03. The molecule has 0 saturated carbocycles. The van der Waals surface area contributed by atoms with Gasteiger partial charge in [-0.25, -0.2) is 0 Å². The average molecular weight is 328 g/mol. The van der Waals surface area contributed by atoms with E-state index in [2.05, 4.69) is 21.2 Å². The van der Waals surface area contributed by atoms with Crippen molar-refractivity contribution in [1.82, 2.24) is 5.32 Å². The van der Waals surface area contributed by atoms with Gasteiger partial charge in [0.15, 0.2) is 0 Å². The van der Waals surface area contributed by atoms with Crippen LogP contribution in [0.5, 0.6) is 0 Å². The lowest BCUT2D eigenvalue weighted by atomic mass is 9.94. The first-order chi connectivity index (χ1) is 9.00. The van der Waals surface area contributed by atoms with Gasteiger partial charge in [-0.1, -0.05) is 11.6 Å². The molecule has 19 heavy (non-hydrogen) atoms. The number of aryl methyl sites for hydroxylation is 1. The molecule has 1 heterocycles. The molecule has 1 aliphatic rings. The van der Waals surface area contributed by atoms with Crippen LogP contribution in [0.2, 0.25) is 0 Å². The summed E-state index contributed by atoms with van der Waals surface area (Å²) in [6, 6.07) is 5.62. The molecule has 1 aliphatic heterocycles. The summed E-state index contributed by atoms with van der Waals surface area (Å²) in [6.45, 7) is 3.28. The van der Waals surface area contributed by atoms with Crippen molar-refractivity contribution in [3.05, 3.63) is 33.8 Å². The molecule has 5 heteroatoms. The summed E-state index contributed by atoms with van der Waals surface area (Å²) >= 11 is 3.37. The van der Waals surface area contributed by atoms with E-state index >= 15 is 0 Å². The van der Waals surface area contributed by atoms with Crippen molar-refractivity contribution in [2.75, 3.05) is 19.8 Å². The van der Waals surface area contributed by atoms with Crippen LogP contribution in [0.25, 0.3) is 0 Å². The first-order valence-corrected chi connectivity index (χ1v) is 7.14. The molecule has 0 aliphatic carbocycles. The number of ether oxygens (including phenoxy) is 1. The Morgan fingerprint density at radius 2 is 2.16 bits per heavy atom. The van der Waals surface area contributed by atoms with Gasteiger partial charge in [-0.2, -0.15) is 0 Å². The Morgan fingerprint density at radius 1 is 1.47 bits per heavy atom. The van der Waals surface area contributed by atoms with E-state index in [9.17, 15) is 9.90 Å². The van der Waals surface area contributed by atoms with Crippen LogP contribution in [0.15, 0.2) is 22.7 Å². The Hall–Kier alpha value is -0.910. The fraction of sp³-hybridized carbons (Fsp3) is 0.500. The number of hydrogen-bond acceptors (Lipinski definition) is 3. The standard InChI is InChI=1S/C14H18BrNO3/c1-10-2-3-12(15)11(8-10)13(17)16-9-14(18)4-6-19-7-5-14/h2-3,8,18H,4-7,9H2,1H3,(H,16,17). The zero-order chi connectivity index (χ0) is 13.9. The van der Waals surface area contributed by atoms with Crippen LogP contribution < -0.4 is 5.32 Å². The van der Waals surface area contributed by atoms with Gasteiger partial charge in [0.05, 0.1) is 11.2 Å². The maximum Gasteiger partial charge on any atom is 0.252 e. The molecule has 0 unspecified atom stereocenters. The van der Waals surface area contributed by atoms with Crippen LogP contribution in [-0.2, 0) is 4.74 Å². The van der Waals surface area contributed by atoms with Gasteiger partial charge in [0, 0.05) is 37.1 Å². The summed E-state index contributed by atoms with van der Waals surface area (Å²) < 4.78 is 5.97. The van der Waals surface area contributed by atoms with Crippen LogP contribution in [-0.4, -0.2) is 36.4 Å². The number of nitrogens with one attached hydrogen (secondary N) is 1. The van der Waals surface area contributed by atoms with Crippen molar-refractivity contribution in [3.8, 4) is 0 Å². The van der Waals surface area contributed by atoms with Crippen molar-refractivity contribution in [3.63, 3.8) is 0 Å². The third kappa shape index (κ3) is 3.78. The molecule has 1 amide bonds. The quantitative estimate of drug-likeness (QED) is 0.893. The Labute approximate surface area is 121 Å². The minimum atomic E-state index is -0.843. The highest BCUT2D eigenvalue weighted by atomic mass is 79.9. The Bertz CT molecular complexity index is 470. The number of carbonyl (C=O) groups is 1. The number of aliphatic hydroxyl groups is 1. The summed E-state index contributed by atoms with van der Waals surface area (Å²) in [5.74, 6) is -0.171. The second-order valence-corrected chi connectivity index (χ2v) is 5.86.